The molecule has 4 rings (SSSR count). The molecule has 2 aromatic rings. The van der Waals surface area contributed by atoms with Gasteiger partial charge in [0.25, 0.3) is 0 Å². The molecule has 2 aliphatic rings. The highest BCUT2D eigenvalue weighted by Crippen LogP contribution is 2.43. The number of pyridine rings is 1. The zero-order valence-corrected chi connectivity index (χ0v) is 18.4. The first-order valence-electron chi connectivity index (χ1n) is 10.5. The number of hydrogen-bond acceptors (Lipinski definition) is 8. The minimum atomic E-state index is -1.27. The Hall–Kier alpha value is -3.38. The fraction of sp³-hybridized carbons (Fsp3) is 0.429. The number of nitrogens with two attached hydrogens (primary N) is 1. The van der Waals surface area contributed by atoms with E-state index in [1.807, 2.05) is 0 Å². The van der Waals surface area contributed by atoms with Crippen LogP contribution in [0, 0.1) is 11.6 Å². The van der Waals surface area contributed by atoms with Crippen LogP contribution in [0.15, 0.2) is 12.3 Å². The number of hydrogen-bond donors (Lipinski definition) is 3. The van der Waals surface area contributed by atoms with E-state index in [9.17, 15) is 18.7 Å². The van der Waals surface area contributed by atoms with Gasteiger partial charge in [0, 0.05) is 57.6 Å². The Balaban J connectivity index is 1.64. The number of carbonyl (C=O) groups excluding carboxylic acids is 1. The average Bonchev–Trinajstić information content (AvgIpc) is 2.81. The molecule has 178 valence electrons. The maximum Gasteiger partial charge on any atom is 0.329 e. The molecule has 0 unspecified atom stereocenters. The third kappa shape index (κ3) is 4.18. The van der Waals surface area contributed by atoms with Crippen LogP contribution in [0.3, 0.4) is 0 Å². The standard InChI is InChI=1S/C21H26F2N6O4/c1-27-17-12(10-26-20(24)19(17)33-8-7-28-5-3-25-4-6-28)11-29(21(27)31)18-15(22)13(30)9-14(32-2)16(18)23/h9-10,25,30H,3-8,11H2,1-2H3,(H2,24,26). The summed E-state index contributed by atoms with van der Waals surface area (Å²) >= 11 is 0. The molecule has 1 aromatic carbocycles. The van der Waals surface area contributed by atoms with Crippen molar-refractivity contribution in [2.75, 3.05) is 69.0 Å². The number of benzene rings is 1. The molecule has 4 N–H and O–H groups in total. The van der Waals surface area contributed by atoms with Gasteiger partial charge in [0.1, 0.15) is 12.3 Å². The lowest BCUT2D eigenvalue weighted by molar-refractivity contribution is 0.191. The van der Waals surface area contributed by atoms with Crippen LogP contribution in [0.2, 0.25) is 0 Å². The molecule has 0 radical (unpaired) electrons. The summed E-state index contributed by atoms with van der Waals surface area (Å²) < 4.78 is 40.4. The van der Waals surface area contributed by atoms with Crippen LogP contribution >= 0.6 is 0 Å². The summed E-state index contributed by atoms with van der Waals surface area (Å²) in [5.74, 6) is -3.25. The van der Waals surface area contributed by atoms with Crippen LogP contribution in [-0.4, -0.2) is 74.5 Å². The topological polar surface area (TPSA) is 116 Å². The van der Waals surface area contributed by atoms with Gasteiger partial charge in [0.15, 0.2) is 34.7 Å². The maximum absolute atomic E-state index is 14.9. The second-order valence-corrected chi connectivity index (χ2v) is 7.79. The molecule has 10 nitrogen and oxygen atoms in total. The number of piperazine rings is 1. The van der Waals surface area contributed by atoms with Crippen molar-refractivity contribution in [2.45, 2.75) is 6.54 Å². The van der Waals surface area contributed by atoms with Gasteiger partial charge in [0.05, 0.1) is 19.3 Å². The number of methoxy groups -OCH3 is 1. The van der Waals surface area contributed by atoms with E-state index in [1.165, 1.54) is 25.3 Å². The molecule has 2 aliphatic heterocycles. The van der Waals surface area contributed by atoms with Gasteiger partial charge in [-0.2, -0.15) is 0 Å². The minimum absolute atomic E-state index is 0.110. The van der Waals surface area contributed by atoms with Crippen molar-refractivity contribution in [1.82, 2.24) is 15.2 Å². The Kier molecular flexibility index (Phi) is 6.38. The van der Waals surface area contributed by atoms with Crippen LogP contribution < -0.4 is 30.3 Å². The fourth-order valence-corrected chi connectivity index (χ4v) is 4.03. The van der Waals surface area contributed by atoms with Crippen molar-refractivity contribution < 1.29 is 28.2 Å². The normalized spacial score (nSPS) is 16.7. The Bertz CT molecular complexity index is 1060. The van der Waals surface area contributed by atoms with E-state index in [-0.39, 0.29) is 18.1 Å². The molecule has 0 aliphatic carbocycles. The molecule has 1 aromatic heterocycles. The largest absolute Gasteiger partial charge is 0.505 e. The van der Waals surface area contributed by atoms with E-state index in [4.69, 9.17) is 15.2 Å². The third-order valence-electron chi connectivity index (χ3n) is 5.77. The zero-order valence-electron chi connectivity index (χ0n) is 18.4. The summed E-state index contributed by atoms with van der Waals surface area (Å²) in [5, 5.41) is 13.2. The number of phenolic OH excluding ortho intramolecular Hbond substituents is 1. The predicted octanol–water partition coefficient (Wildman–Crippen LogP) is 1.52. The maximum atomic E-state index is 14.9. The Morgan fingerprint density at radius 3 is 2.67 bits per heavy atom. The lowest BCUT2D eigenvalue weighted by Gasteiger charge is -2.36. The van der Waals surface area contributed by atoms with E-state index in [0.717, 1.165) is 37.1 Å². The SMILES string of the molecule is COc1cc(O)c(F)c(N2Cc3cnc(N)c(OCCN4CCNCC4)c3N(C)C2=O)c1F. The summed E-state index contributed by atoms with van der Waals surface area (Å²) in [4.78, 5) is 21.6. The molecule has 12 heteroatoms. The molecule has 0 saturated carbocycles. The van der Waals surface area contributed by atoms with Gasteiger partial charge in [-0.05, 0) is 0 Å². The number of anilines is 3. The molecule has 0 atom stereocenters. The van der Waals surface area contributed by atoms with E-state index >= 15 is 0 Å². The Morgan fingerprint density at radius 1 is 1.24 bits per heavy atom. The highest BCUT2D eigenvalue weighted by Gasteiger charge is 2.37. The predicted molar refractivity (Wildman–Crippen MR) is 118 cm³/mol. The van der Waals surface area contributed by atoms with Gasteiger partial charge >= 0.3 is 6.03 Å². The number of aromatic nitrogens is 1. The number of phenols is 1. The Morgan fingerprint density at radius 2 is 1.97 bits per heavy atom. The number of nitrogens with one attached hydrogen (secondary N) is 1. The minimum Gasteiger partial charge on any atom is -0.505 e. The summed E-state index contributed by atoms with van der Waals surface area (Å²) in [5.41, 5.74) is 6.19. The van der Waals surface area contributed by atoms with E-state index in [2.05, 4.69) is 15.2 Å². The number of carbonyl (C=O) groups is 1. The number of aromatic hydroxyl groups is 1. The fourth-order valence-electron chi connectivity index (χ4n) is 4.03. The molecule has 33 heavy (non-hydrogen) atoms. The van der Waals surface area contributed by atoms with E-state index < -0.39 is 34.9 Å². The van der Waals surface area contributed by atoms with Crippen molar-refractivity contribution in [3.05, 3.63) is 29.5 Å². The number of nitrogen functional groups attached to an aromatic ring is 1. The monoisotopic (exact) mass is 464 g/mol. The van der Waals surface area contributed by atoms with Gasteiger partial charge in [-0.3, -0.25) is 14.7 Å². The van der Waals surface area contributed by atoms with Gasteiger partial charge in [-0.1, -0.05) is 0 Å². The summed E-state index contributed by atoms with van der Waals surface area (Å²) in [6.07, 6.45) is 1.43. The molecular weight excluding hydrogens is 438 g/mol. The second-order valence-electron chi connectivity index (χ2n) is 7.79. The van der Waals surface area contributed by atoms with E-state index in [0.29, 0.717) is 24.4 Å². The lowest BCUT2D eigenvalue weighted by atomic mass is 10.1. The molecule has 2 amide bonds. The van der Waals surface area contributed by atoms with Crippen molar-refractivity contribution in [3.8, 4) is 17.2 Å². The second kappa shape index (κ2) is 9.24. The number of rotatable bonds is 6. The van der Waals surface area contributed by atoms with Crippen molar-refractivity contribution in [2.24, 2.45) is 0 Å². The Labute approximate surface area is 189 Å². The van der Waals surface area contributed by atoms with Gasteiger partial charge in [0.2, 0.25) is 0 Å². The lowest BCUT2D eigenvalue weighted by Crippen LogP contribution is -2.46. The quantitative estimate of drug-likeness (QED) is 0.589. The molecular formula is C21H26F2N6O4. The van der Waals surface area contributed by atoms with Crippen molar-refractivity contribution >= 4 is 23.2 Å². The highest BCUT2D eigenvalue weighted by atomic mass is 19.1. The van der Waals surface area contributed by atoms with Crippen molar-refractivity contribution in [3.63, 3.8) is 0 Å². The zero-order chi connectivity index (χ0) is 23.7. The van der Waals surface area contributed by atoms with Gasteiger partial charge < -0.3 is 25.6 Å². The molecule has 1 fully saturated rings. The van der Waals surface area contributed by atoms with Crippen molar-refractivity contribution in [1.29, 1.82) is 0 Å². The molecule has 0 spiro atoms. The third-order valence-corrected chi connectivity index (χ3v) is 5.77. The van der Waals surface area contributed by atoms with Gasteiger partial charge in [-0.15, -0.1) is 0 Å². The van der Waals surface area contributed by atoms with Crippen LogP contribution in [0.4, 0.5) is 30.8 Å². The smallest absolute Gasteiger partial charge is 0.329 e. The number of halogens is 2. The number of ether oxygens (including phenoxy) is 2. The molecule has 3 heterocycles. The first kappa shape index (κ1) is 22.8. The van der Waals surface area contributed by atoms with Gasteiger partial charge in [-0.25, -0.2) is 18.6 Å². The van der Waals surface area contributed by atoms with Crippen LogP contribution in [0.5, 0.6) is 17.2 Å². The first-order chi connectivity index (χ1) is 15.8. The first-order valence-corrected chi connectivity index (χ1v) is 10.5. The van der Waals surface area contributed by atoms with Crippen LogP contribution in [0.25, 0.3) is 0 Å². The number of fused-ring (bicyclic) bond motifs is 1. The number of amides is 2. The average molecular weight is 464 g/mol. The summed E-state index contributed by atoms with van der Waals surface area (Å²) in [6, 6.07) is 0.0813. The molecule has 1 saturated heterocycles. The number of urea groups is 1. The summed E-state index contributed by atoms with van der Waals surface area (Å²) in [7, 11) is 2.63. The van der Waals surface area contributed by atoms with Crippen LogP contribution in [-0.2, 0) is 6.54 Å². The number of nitrogens with zero attached hydrogens (tertiary/aromatic N) is 4. The van der Waals surface area contributed by atoms with Crippen LogP contribution in [0.1, 0.15) is 5.56 Å². The molecule has 0 bridgehead atoms. The highest BCUT2D eigenvalue weighted by molar-refractivity contribution is 6.07. The summed E-state index contributed by atoms with van der Waals surface area (Å²) in [6.45, 7) is 4.42. The van der Waals surface area contributed by atoms with E-state index in [1.54, 1.807) is 0 Å².